The van der Waals surface area contributed by atoms with Crippen LogP contribution >= 0.6 is 23.4 Å². The number of halogens is 1. The van der Waals surface area contributed by atoms with Gasteiger partial charge in [-0.15, -0.1) is 0 Å². The maximum absolute atomic E-state index is 11.2. The topological polar surface area (TPSA) is 75.3 Å². The van der Waals surface area contributed by atoms with E-state index >= 15 is 0 Å². The molecule has 0 spiro atoms. The number of nitrogen functional groups attached to an aromatic ring is 1. The summed E-state index contributed by atoms with van der Waals surface area (Å²) in [6.07, 6.45) is 2.17. The van der Waals surface area contributed by atoms with Crippen molar-refractivity contribution in [2.24, 2.45) is 0 Å². The number of rotatable bonds is 3. The van der Waals surface area contributed by atoms with E-state index in [1.807, 2.05) is 11.8 Å². The molecule has 4 N–H and O–H groups in total. The van der Waals surface area contributed by atoms with E-state index in [1.54, 1.807) is 6.07 Å². The molecule has 6 heteroatoms. The largest absolute Gasteiger partial charge is 0.478 e. The highest BCUT2D eigenvalue weighted by molar-refractivity contribution is 7.99. The molecule has 1 aromatic rings. The number of hydrogen-bond acceptors (Lipinski definition) is 4. The Labute approximate surface area is 115 Å². The summed E-state index contributed by atoms with van der Waals surface area (Å²) in [6, 6.07) is 3.28. The molecular weight excluding hydrogens is 272 g/mol. The number of thioether (sulfide) groups is 1. The van der Waals surface area contributed by atoms with Crippen LogP contribution in [0.25, 0.3) is 0 Å². The highest BCUT2D eigenvalue weighted by Crippen LogP contribution is 2.31. The third-order valence-corrected chi connectivity index (χ3v) is 4.37. The van der Waals surface area contributed by atoms with Crippen LogP contribution in [0.15, 0.2) is 12.1 Å². The van der Waals surface area contributed by atoms with Crippen molar-refractivity contribution < 1.29 is 9.90 Å². The molecule has 0 amide bonds. The maximum Gasteiger partial charge on any atom is 0.337 e. The Morgan fingerprint density at radius 1 is 1.56 bits per heavy atom. The SMILES string of the molecule is Nc1cc(Cl)c(NC2CCCSC2)c(C(=O)O)c1. The minimum atomic E-state index is -1.02. The van der Waals surface area contributed by atoms with Gasteiger partial charge in [0.1, 0.15) is 0 Å². The summed E-state index contributed by atoms with van der Waals surface area (Å²) in [7, 11) is 0. The lowest BCUT2D eigenvalue weighted by molar-refractivity contribution is 0.0698. The van der Waals surface area contributed by atoms with Crippen LogP contribution in [0.2, 0.25) is 5.02 Å². The Morgan fingerprint density at radius 3 is 2.94 bits per heavy atom. The van der Waals surface area contributed by atoms with Crippen molar-refractivity contribution in [3.63, 3.8) is 0 Å². The highest BCUT2D eigenvalue weighted by atomic mass is 35.5. The molecule has 1 fully saturated rings. The zero-order valence-corrected chi connectivity index (χ0v) is 11.4. The minimum Gasteiger partial charge on any atom is -0.478 e. The number of nitrogens with two attached hydrogens (primary N) is 1. The molecule has 1 aromatic carbocycles. The van der Waals surface area contributed by atoms with Crippen molar-refractivity contribution in [1.29, 1.82) is 0 Å². The van der Waals surface area contributed by atoms with Gasteiger partial charge in [0.2, 0.25) is 0 Å². The lowest BCUT2D eigenvalue weighted by atomic mass is 10.1. The number of carboxylic acids is 1. The van der Waals surface area contributed by atoms with Crippen LogP contribution in [0.5, 0.6) is 0 Å². The van der Waals surface area contributed by atoms with Crippen LogP contribution in [-0.2, 0) is 0 Å². The normalized spacial score (nSPS) is 19.5. The third kappa shape index (κ3) is 3.03. The van der Waals surface area contributed by atoms with Crippen LogP contribution in [-0.4, -0.2) is 28.6 Å². The first-order valence-corrected chi connectivity index (χ1v) is 7.28. The Balaban J connectivity index is 2.27. The van der Waals surface area contributed by atoms with Crippen LogP contribution < -0.4 is 11.1 Å². The molecule has 0 bridgehead atoms. The molecule has 1 atom stereocenters. The fraction of sp³-hybridized carbons (Fsp3) is 0.417. The molecular formula is C12H15ClN2O2S. The van der Waals surface area contributed by atoms with Crippen LogP contribution in [0.4, 0.5) is 11.4 Å². The van der Waals surface area contributed by atoms with E-state index in [0.29, 0.717) is 16.4 Å². The van der Waals surface area contributed by atoms with Gasteiger partial charge in [0.25, 0.3) is 0 Å². The van der Waals surface area contributed by atoms with Gasteiger partial charge >= 0.3 is 5.97 Å². The van der Waals surface area contributed by atoms with Gasteiger partial charge in [-0.25, -0.2) is 4.79 Å². The molecule has 1 unspecified atom stereocenters. The quantitative estimate of drug-likeness (QED) is 0.745. The predicted molar refractivity (Wildman–Crippen MR) is 76.8 cm³/mol. The van der Waals surface area contributed by atoms with Crippen LogP contribution in [0, 0.1) is 0 Å². The summed E-state index contributed by atoms with van der Waals surface area (Å²) in [6.45, 7) is 0. The van der Waals surface area contributed by atoms with Gasteiger partial charge < -0.3 is 16.2 Å². The van der Waals surface area contributed by atoms with Gasteiger partial charge in [-0.3, -0.25) is 0 Å². The number of nitrogens with one attached hydrogen (secondary N) is 1. The van der Waals surface area contributed by atoms with Gasteiger partial charge in [-0.05, 0) is 30.7 Å². The summed E-state index contributed by atoms with van der Waals surface area (Å²) >= 11 is 7.95. The van der Waals surface area contributed by atoms with Crippen molar-refractivity contribution >= 4 is 40.7 Å². The van der Waals surface area contributed by atoms with E-state index in [-0.39, 0.29) is 11.6 Å². The molecule has 1 heterocycles. The second-order valence-electron chi connectivity index (χ2n) is 4.29. The fourth-order valence-electron chi connectivity index (χ4n) is 2.00. The van der Waals surface area contributed by atoms with E-state index in [0.717, 1.165) is 18.6 Å². The first kappa shape index (κ1) is 13.4. The molecule has 4 nitrogen and oxygen atoms in total. The fourth-order valence-corrected chi connectivity index (χ4v) is 3.36. The average Bonchev–Trinajstić information content (AvgIpc) is 2.33. The van der Waals surface area contributed by atoms with Crippen molar-refractivity contribution in [1.82, 2.24) is 0 Å². The van der Waals surface area contributed by atoms with E-state index in [2.05, 4.69) is 5.32 Å². The van der Waals surface area contributed by atoms with Crippen LogP contribution in [0.3, 0.4) is 0 Å². The molecule has 1 aliphatic rings. The molecule has 0 aromatic heterocycles. The Morgan fingerprint density at radius 2 is 2.33 bits per heavy atom. The van der Waals surface area contributed by atoms with E-state index in [4.69, 9.17) is 17.3 Å². The zero-order chi connectivity index (χ0) is 13.1. The monoisotopic (exact) mass is 286 g/mol. The predicted octanol–water partition coefficient (Wildman–Crippen LogP) is 2.93. The molecule has 0 radical (unpaired) electrons. The minimum absolute atomic E-state index is 0.135. The van der Waals surface area contributed by atoms with Gasteiger partial charge in [-0.2, -0.15) is 11.8 Å². The van der Waals surface area contributed by atoms with Crippen molar-refractivity contribution in [3.8, 4) is 0 Å². The van der Waals surface area contributed by atoms with E-state index in [1.165, 1.54) is 11.8 Å². The number of anilines is 2. The Hall–Kier alpha value is -1.07. The van der Waals surface area contributed by atoms with Crippen molar-refractivity contribution in [2.45, 2.75) is 18.9 Å². The first-order chi connectivity index (χ1) is 8.58. The number of hydrogen-bond donors (Lipinski definition) is 3. The average molecular weight is 287 g/mol. The smallest absolute Gasteiger partial charge is 0.337 e. The summed E-state index contributed by atoms with van der Waals surface area (Å²) in [4.78, 5) is 11.2. The molecule has 0 saturated carbocycles. The standard InChI is InChI=1S/C12H15ClN2O2S/c13-10-5-7(14)4-9(12(16)17)11(10)15-8-2-1-3-18-6-8/h4-5,8,15H,1-3,6,14H2,(H,16,17). The zero-order valence-electron chi connectivity index (χ0n) is 9.78. The number of carboxylic acid groups (broad SMARTS) is 1. The Kier molecular flexibility index (Phi) is 4.24. The molecule has 1 saturated heterocycles. The lowest BCUT2D eigenvalue weighted by Gasteiger charge is -2.25. The number of carbonyl (C=O) groups is 1. The summed E-state index contributed by atoms with van der Waals surface area (Å²) in [5.74, 6) is 1.12. The van der Waals surface area contributed by atoms with Crippen molar-refractivity contribution in [3.05, 3.63) is 22.7 Å². The van der Waals surface area contributed by atoms with E-state index < -0.39 is 5.97 Å². The first-order valence-electron chi connectivity index (χ1n) is 5.74. The lowest BCUT2D eigenvalue weighted by Crippen LogP contribution is -2.27. The molecule has 2 rings (SSSR count). The Bertz CT molecular complexity index is 462. The van der Waals surface area contributed by atoms with Gasteiger partial charge in [-0.1, -0.05) is 11.6 Å². The van der Waals surface area contributed by atoms with Gasteiger partial charge in [0.15, 0.2) is 0 Å². The summed E-state index contributed by atoms with van der Waals surface area (Å²) < 4.78 is 0. The summed E-state index contributed by atoms with van der Waals surface area (Å²) in [5.41, 5.74) is 6.59. The number of benzene rings is 1. The molecule has 1 aliphatic heterocycles. The van der Waals surface area contributed by atoms with Crippen molar-refractivity contribution in [2.75, 3.05) is 22.6 Å². The second-order valence-corrected chi connectivity index (χ2v) is 5.85. The highest BCUT2D eigenvalue weighted by Gasteiger charge is 2.19. The number of aromatic carboxylic acids is 1. The molecule has 98 valence electrons. The summed E-state index contributed by atoms with van der Waals surface area (Å²) in [5, 5.41) is 12.8. The van der Waals surface area contributed by atoms with Crippen LogP contribution in [0.1, 0.15) is 23.2 Å². The maximum atomic E-state index is 11.2. The molecule has 0 aliphatic carbocycles. The second kappa shape index (κ2) is 5.71. The third-order valence-electron chi connectivity index (χ3n) is 2.85. The van der Waals surface area contributed by atoms with Gasteiger partial charge in [0.05, 0.1) is 16.3 Å². The molecule has 18 heavy (non-hydrogen) atoms. The van der Waals surface area contributed by atoms with E-state index in [9.17, 15) is 9.90 Å². The van der Waals surface area contributed by atoms with Gasteiger partial charge in [0, 0.05) is 17.5 Å².